The summed E-state index contributed by atoms with van der Waals surface area (Å²) in [5.74, 6) is 0.141. The molecule has 1 aliphatic carbocycles. The first-order chi connectivity index (χ1) is 13.9. The summed E-state index contributed by atoms with van der Waals surface area (Å²) in [6.45, 7) is 10.4. The largest absolute Gasteiger partial charge is 0.280 e. The second kappa shape index (κ2) is 7.71. The van der Waals surface area contributed by atoms with Gasteiger partial charge in [0.1, 0.15) is 0 Å². The zero-order valence-electron chi connectivity index (χ0n) is 17.5. The Morgan fingerprint density at radius 1 is 1.34 bits per heavy atom. The molecule has 0 spiro atoms. The zero-order valence-corrected chi connectivity index (χ0v) is 18.3. The van der Waals surface area contributed by atoms with Crippen molar-refractivity contribution in [2.24, 2.45) is 7.05 Å². The number of aromatic nitrogens is 4. The molecule has 0 atom stereocenters. The minimum absolute atomic E-state index is 0.0682. The molecule has 0 unspecified atom stereocenters. The third-order valence-electron chi connectivity index (χ3n) is 5.43. The molecule has 7 heteroatoms. The molecule has 3 heterocycles. The first-order valence-corrected chi connectivity index (χ1v) is 11.0. The van der Waals surface area contributed by atoms with Crippen molar-refractivity contribution in [1.82, 2.24) is 19.7 Å². The molecule has 3 aromatic rings. The Kier molecular flexibility index (Phi) is 5.25. The second-order valence-corrected chi connectivity index (χ2v) is 9.00. The Bertz CT molecular complexity index is 1070. The highest BCUT2D eigenvalue weighted by molar-refractivity contribution is 7.16. The summed E-state index contributed by atoms with van der Waals surface area (Å²) in [5, 5.41) is 6.10. The number of nitrogens with zero attached hydrogens (tertiary/aromatic N) is 5. The zero-order chi connectivity index (χ0) is 20.7. The number of thiazole rings is 1. The molecule has 0 radical (unpaired) electrons. The van der Waals surface area contributed by atoms with E-state index in [9.17, 15) is 4.79 Å². The fourth-order valence-corrected chi connectivity index (χ4v) is 5.06. The van der Waals surface area contributed by atoms with E-state index in [1.54, 1.807) is 27.0 Å². The first-order valence-electron chi connectivity index (χ1n) is 10.2. The number of hydrogen-bond acceptors (Lipinski definition) is 5. The molecule has 0 aromatic carbocycles. The van der Waals surface area contributed by atoms with Gasteiger partial charge >= 0.3 is 0 Å². The van der Waals surface area contributed by atoms with Gasteiger partial charge in [-0.2, -0.15) is 5.10 Å². The predicted octanol–water partition coefficient (Wildman–Crippen LogP) is 4.57. The maximum Gasteiger partial charge on any atom is 0.261 e. The average Bonchev–Trinajstić information content (AvgIpc) is 3.25. The molecule has 29 heavy (non-hydrogen) atoms. The number of aryl methyl sites for hydroxylation is 4. The number of hydrogen-bond donors (Lipinski definition) is 0. The molecular weight excluding hydrogens is 382 g/mol. The van der Waals surface area contributed by atoms with E-state index in [1.165, 1.54) is 17.7 Å². The lowest BCUT2D eigenvalue weighted by Gasteiger charge is -2.19. The van der Waals surface area contributed by atoms with Crippen LogP contribution in [0.2, 0.25) is 0 Å². The summed E-state index contributed by atoms with van der Waals surface area (Å²) in [7, 11) is 1.87. The van der Waals surface area contributed by atoms with E-state index in [4.69, 9.17) is 9.97 Å². The summed E-state index contributed by atoms with van der Waals surface area (Å²) in [5.41, 5.74) is 4.23. The molecule has 0 aliphatic heterocycles. The van der Waals surface area contributed by atoms with Crippen LogP contribution in [0.5, 0.6) is 0 Å². The van der Waals surface area contributed by atoms with Gasteiger partial charge in [0.05, 0.1) is 22.3 Å². The number of carbonyl (C=O) groups excluding carboxylic acids is 1. The third kappa shape index (κ3) is 3.48. The van der Waals surface area contributed by atoms with Crippen molar-refractivity contribution in [1.29, 1.82) is 0 Å². The molecule has 0 bridgehead atoms. The minimum atomic E-state index is -0.0682. The van der Waals surface area contributed by atoms with Crippen LogP contribution in [-0.2, 0) is 19.9 Å². The van der Waals surface area contributed by atoms with Gasteiger partial charge in [0.2, 0.25) is 0 Å². The van der Waals surface area contributed by atoms with Crippen LogP contribution in [-0.4, -0.2) is 32.2 Å². The van der Waals surface area contributed by atoms with Gasteiger partial charge in [0.25, 0.3) is 5.91 Å². The van der Waals surface area contributed by atoms with Crippen molar-refractivity contribution in [3.8, 4) is 0 Å². The van der Waals surface area contributed by atoms with E-state index in [0.29, 0.717) is 12.1 Å². The van der Waals surface area contributed by atoms with Crippen molar-refractivity contribution < 1.29 is 4.79 Å². The maximum atomic E-state index is 13.8. The van der Waals surface area contributed by atoms with Gasteiger partial charge in [-0.05, 0) is 44.6 Å². The quantitative estimate of drug-likeness (QED) is 0.579. The van der Waals surface area contributed by atoms with Crippen molar-refractivity contribution in [3.05, 3.63) is 46.2 Å². The topological polar surface area (TPSA) is 63.9 Å². The number of anilines is 1. The standard InChI is InChI=1S/C22H27N5OS/c1-6-11-27(22-24-16-9-7-8-10-18(16)29-22)21(28)15-12-17(13(2)3)23-20-19(15)14(4)25-26(20)5/h6,12-13H,1,7-11H2,2-5H3. The monoisotopic (exact) mass is 409 g/mol. The van der Waals surface area contributed by atoms with Crippen molar-refractivity contribution in [2.45, 2.75) is 52.4 Å². The van der Waals surface area contributed by atoms with Gasteiger partial charge < -0.3 is 0 Å². The molecule has 0 saturated heterocycles. The molecule has 0 fully saturated rings. The smallest absolute Gasteiger partial charge is 0.261 e. The highest BCUT2D eigenvalue weighted by Crippen LogP contribution is 2.34. The number of rotatable bonds is 5. The lowest BCUT2D eigenvalue weighted by atomic mass is 10.0. The third-order valence-corrected chi connectivity index (χ3v) is 6.61. The normalized spacial score (nSPS) is 13.7. The van der Waals surface area contributed by atoms with Crippen LogP contribution in [0.4, 0.5) is 5.13 Å². The number of fused-ring (bicyclic) bond motifs is 2. The molecule has 0 saturated carbocycles. The summed E-state index contributed by atoms with van der Waals surface area (Å²) in [4.78, 5) is 26.4. The Balaban J connectivity index is 1.85. The molecule has 4 rings (SSSR count). The minimum Gasteiger partial charge on any atom is -0.280 e. The lowest BCUT2D eigenvalue weighted by molar-refractivity contribution is 0.0991. The van der Waals surface area contributed by atoms with E-state index < -0.39 is 0 Å². The molecule has 0 N–H and O–H groups in total. The summed E-state index contributed by atoms with van der Waals surface area (Å²) < 4.78 is 1.76. The van der Waals surface area contributed by atoms with Crippen molar-refractivity contribution in [3.63, 3.8) is 0 Å². The molecule has 3 aromatic heterocycles. The highest BCUT2D eigenvalue weighted by Gasteiger charge is 2.27. The highest BCUT2D eigenvalue weighted by atomic mass is 32.1. The Morgan fingerprint density at radius 3 is 2.79 bits per heavy atom. The van der Waals surface area contributed by atoms with Crippen LogP contribution in [0.15, 0.2) is 18.7 Å². The first kappa shape index (κ1) is 19.8. The maximum absolute atomic E-state index is 13.8. The molecule has 6 nitrogen and oxygen atoms in total. The predicted molar refractivity (Wildman–Crippen MR) is 118 cm³/mol. The Labute approximate surface area is 175 Å². The van der Waals surface area contributed by atoms with Crippen LogP contribution in [0.3, 0.4) is 0 Å². The SMILES string of the molecule is C=CCN(C(=O)c1cc(C(C)C)nc2c1c(C)nn2C)c1nc2c(s1)CCCC2. The number of amides is 1. The van der Waals surface area contributed by atoms with Gasteiger partial charge in [0, 0.05) is 24.2 Å². The Hall–Kier alpha value is -2.54. The Morgan fingerprint density at radius 2 is 2.10 bits per heavy atom. The summed E-state index contributed by atoms with van der Waals surface area (Å²) in [6, 6.07) is 1.92. The van der Waals surface area contributed by atoms with Gasteiger partial charge in [-0.25, -0.2) is 9.97 Å². The molecule has 1 aliphatic rings. The van der Waals surface area contributed by atoms with Crippen LogP contribution in [0, 0.1) is 6.92 Å². The number of pyridine rings is 1. The summed E-state index contributed by atoms with van der Waals surface area (Å²) >= 11 is 1.64. The van der Waals surface area contributed by atoms with Crippen LogP contribution < -0.4 is 4.90 Å². The number of carbonyl (C=O) groups is 1. The van der Waals surface area contributed by atoms with E-state index in [1.807, 2.05) is 20.0 Å². The fourth-order valence-electron chi connectivity index (χ4n) is 3.90. The molecule has 1 amide bonds. The van der Waals surface area contributed by atoms with Gasteiger partial charge in [-0.1, -0.05) is 19.9 Å². The van der Waals surface area contributed by atoms with E-state index in [-0.39, 0.29) is 11.8 Å². The average molecular weight is 410 g/mol. The second-order valence-electron chi connectivity index (χ2n) is 7.93. The van der Waals surface area contributed by atoms with Crippen LogP contribution in [0.25, 0.3) is 11.0 Å². The van der Waals surface area contributed by atoms with Crippen LogP contribution in [0.1, 0.15) is 64.9 Å². The van der Waals surface area contributed by atoms with E-state index in [2.05, 4.69) is 25.5 Å². The van der Waals surface area contributed by atoms with Gasteiger partial charge in [0.15, 0.2) is 10.8 Å². The van der Waals surface area contributed by atoms with E-state index >= 15 is 0 Å². The van der Waals surface area contributed by atoms with Crippen LogP contribution >= 0.6 is 11.3 Å². The lowest BCUT2D eigenvalue weighted by Crippen LogP contribution is -2.31. The van der Waals surface area contributed by atoms with Gasteiger partial charge in [-0.15, -0.1) is 17.9 Å². The molecular formula is C22H27N5OS. The molecule has 152 valence electrons. The van der Waals surface area contributed by atoms with Gasteiger partial charge in [-0.3, -0.25) is 14.4 Å². The fraction of sp³-hybridized carbons (Fsp3) is 0.455. The van der Waals surface area contributed by atoms with E-state index in [0.717, 1.165) is 46.1 Å². The van der Waals surface area contributed by atoms with Crippen molar-refractivity contribution in [2.75, 3.05) is 11.4 Å². The van der Waals surface area contributed by atoms with Crippen molar-refractivity contribution >= 4 is 33.4 Å². The summed E-state index contributed by atoms with van der Waals surface area (Å²) in [6.07, 6.45) is 6.18.